The van der Waals surface area contributed by atoms with Gasteiger partial charge in [0, 0.05) is 17.6 Å². The quantitative estimate of drug-likeness (QED) is 0.614. The molecule has 162 valence electrons. The van der Waals surface area contributed by atoms with E-state index in [1.54, 1.807) is 44.4 Å². The summed E-state index contributed by atoms with van der Waals surface area (Å²) < 4.78 is 10.8. The number of ether oxygens (including phenoxy) is 2. The van der Waals surface area contributed by atoms with Crippen molar-refractivity contribution in [3.8, 4) is 11.5 Å². The van der Waals surface area contributed by atoms with Gasteiger partial charge in [-0.15, -0.1) is 0 Å². The highest BCUT2D eigenvalue weighted by Gasteiger charge is 2.27. The minimum absolute atomic E-state index is 0.0211. The highest BCUT2D eigenvalue weighted by molar-refractivity contribution is 6.31. The molecule has 0 aliphatic heterocycles. The van der Waals surface area contributed by atoms with Crippen LogP contribution in [0.2, 0.25) is 5.02 Å². The normalized spacial score (nSPS) is 12.6. The largest absolute Gasteiger partial charge is 0.497 e. The monoisotopic (exact) mass is 432 g/mol. The van der Waals surface area contributed by atoms with E-state index in [0.717, 1.165) is 12.0 Å². The maximum absolute atomic E-state index is 13.0. The minimum atomic E-state index is -0.678. The lowest BCUT2D eigenvalue weighted by Crippen LogP contribution is -2.50. The van der Waals surface area contributed by atoms with Gasteiger partial charge in [0.15, 0.2) is 6.61 Å². The molecule has 7 heteroatoms. The van der Waals surface area contributed by atoms with E-state index >= 15 is 0 Å². The lowest BCUT2D eigenvalue weighted by molar-refractivity contribution is -0.142. The summed E-state index contributed by atoms with van der Waals surface area (Å²) in [7, 11) is 1.58. The molecule has 0 heterocycles. The Hall–Kier alpha value is -2.73. The molecule has 0 saturated carbocycles. The number of benzene rings is 2. The van der Waals surface area contributed by atoms with Gasteiger partial charge in [0.1, 0.15) is 17.5 Å². The molecule has 2 amide bonds. The number of hydrogen-bond donors (Lipinski definition) is 1. The molecule has 30 heavy (non-hydrogen) atoms. The van der Waals surface area contributed by atoms with Crippen molar-refractivity contribution in [3.05, 3.63) is 59.1 Å². The van der Waals surface area contributed by atoms with Crippen molar-refractivity contribution in [1.82, 2.24) is 10.2 Å². The third-order valence-corrected chi connectivity index (χ3v) is 5.26. The average molecular weight is 433 g/mol. The summed E-state index contributed by atoms with van der Waals surface area (Å²) in [5, 5.41) is 3.47. The van der Waals surface area contributed by atoms with Crippen LogP contribution in [0.15, 0.2) is 48.5 Å². The second-order valence-electron chi connectivity index (χ2n) is 7.07. The second-order valence-corrected chi connectivity index (χ2v) is 7.48. The fraction of sp³-hybridized carbons (Fsp3) is 0.391. The third-order valence-electron chi connectivity index (χ3n) is 4.89. The lowest BCUT2D eigenvalue weighted by atomic mass is 10.1. The van der Waals surface area contributed by atoms with Crippen LogP contribution in [0.25, 0.3) is 0 Å². The predicted octanol–water partition coefficient (Wildman–Crippen LogP) is 4.06. The van der Waals surface area contributed by atoms with Crippen molar-refractivity contribution >= 4 is 23.4 Å². The van der Waals surface area contributed by atoms with Gasteiger partial charge in [-0.25, -0.2) is 0 Å². The van der Waals surface area contributed by atoms with E-state index in [1.807, 2.05) is 32.0 Å². The first kappa shape index (κ1) is 23.5. The molecule has 0 bridgehead atoms. The molecule has 1 N–H and O–H groups in total. The number of amides is 2. The Balaban J connectivity index is 2.14. The van der Waals surface area contributed by atoms with Crippen LogP contribution < -0.4 is 14.8 Å². The summed E-state index contributed by atoms with van der Waals surface area (Å²) in [4.78, 5) is 27.2. The lowest BCUT2D eigenvalue weighted by Gasteiger charge is -2.30. The molecule has 0 saturated heterocycles. The predicted molar refractivity (Wildman–Crippen MR) is 118 cm³/mol. The maximum Gasteiger partial charge on any atom is 0.261 e. The third kappa shape index (κ3) is 6.66. The molecule has 2 rings (SSSR count). The van der Waals surface area contributed by atoms with Gasteiger partial charge in [0.25, 0.3) is 5.91 Å². The van der Waals surface area contributed by atoms with Gasteiger partial charge in [-0.2, -0.15) is 0 Å². The number of methoxy groups -OCH3 is 1. The minimum Gasteiger partial charge on any atom is -0.497 e. The summed E-state index contributed by atoms with van der Waals surface area (Å²) in [6.07, 6.45) is 0.803. The Kier molecular flexibility index (Phi) is 8.99. The second kappa shape index (κ2) is 11.5. The van der Waals surface area contributed by atoms with E-state index in [-0.39, 0.29) is 31.0 Å². The first-order chi connectivity index (χ1) is 14.3. The van der Waals surface area contributed by atoms with Gasteiger partial charge in [0.05, 0.1) is 7.11 Å². The summed E-state index contributed by atoms with van der Waals surface area (Å²) >= 11 is 6.28. The highest BCUT2D eigenvalue weighted by atomic mass is 35.5. The van der Waals surface area contributed by atoms with Gasteiger partial charge in [0.2, 0.25) is 5.91 Å². The average Bonchev–Trinajstić information content (AvgIpc) is 2.76. The summed E-state index contributed by atoms with van der Waals surface area (Å²) in [5.74, 6) is 0.717. The highest BCUT2D eigenvalue weighted by Crippen LogP contribution is 2.20. The number of carbonyl (C=O) groups excluding carboxylic acids is 2. The molecular weight excluding hydrogens is 404 g/mol. The van der Waals surface area contributed by atoms with Crippen LogP contribution in [0.4, 0.5) is 0 Å². The van der Waals surface area contributed by atoms with E-state index in [0.29, 0.717) is 16.5 Å². The van der Waals surface area contributed by atoms with Crippen LogP contribution in [0.5, 0.6) is 11.5 Å². The van der Waals surface area contributed by atoms with Crippen molar-refractivity contribution < 1.29 is 19.1 Å². The van der Waals surface area contributed by atoms with Crippen molar-refractivity contribution in [3.63, 3.8) is 0 Å². The van der Waals surface area contributed by atoms with E-state index in [9.17, 15) is 9.59 Å². The molecular formula is C23H29ClN2O4. The van der Waals surface area contributed by atoms with E-state index in [2.05, 4.69) is 5.32 Å². The Morgan fingerprint density at radius 3 is 2.30 bits per heavy atom. The van der Waals surface area contributed by atoms with Gasteiger partial charge in [-0.1, -0.05) is 36.7 Å². The first-order valence-electron chi connectivity index (χ1n) is 9.95. The van der Waals surface area contributed by atoms with Crippen molar-refractivity contribution in [2.75, 3.05) is 13.7 Å². The standard InChI is InChI=1S/C23H29ClN2O4/c1-5-16(2)25-23(28)17(3)26(14-18-8-6-7-9-21(18)24)22(27)15-30-20-12-10-19(29-4)11-13-20/h6-13,16-17H,5,14-15H2,1-4H3,(H,25,28)/t16-,17+/m1/s1. The number of hydrogen-bond acceptors (Lipinski definition) is 4. The molecule has 0 fully saturated rings. The van der Waals surface area contributed by atoms with Crippen LogP contribution >= 0.6 is 11.6 Å². The Bertz CT molecular complexity index is 841. The molecule has 0 radical (unpaired) electrons. The Labute approximate surface area is 183 Å². The number of halogens is 1. The van der Waals surface area contributed by atoms with Crippen molar-refractivity contribution in [2.45, 2.75) is 45.8 Å². The summed E-state index contributed by atoms with van der Waals surface area (Å²) in [6.45, 7) is 5.64. The fourth-order valence-electron chi connectivity index (χ4n) is 2.76. The number of nitrogens with zero attached hydrogens (tertiary/aromatic N) is 1. The first-order valence-corrected chi connectivity index (χ1v) is 10.3. The fourth-order valence-corrected chi connectivity index (χ4v) is 2.95. The molecule has 0 unspecified atom stereocenters. The van der Waals surface area contributed by atoms with E-state index < -0.39 is 6.04 Å². The topological polar surface area (TPSA) is 67.9 Å². The molecule has 0 spiro atoms. The van der Waals surface area contributed by atoms with Crippen LogP contribution in [0.3, 0.4) is 0 Å². The molecule has 0 aliphatic rings. The zero-order chi connectivity index (χ0) is 22.1. The molecule has 2 atom stereocenters. The zero-order valence-corrected chi connectivity index (χ0v) is 18.6. The number of carbonyl (C=O) groups is 2. The van der Waals surface area contributed by atoms with Crippen LogP contribution in [-0.2, 0) is 16.1 Å². The van der Waals surface area contributed by atoms with Crippen LogP contribution in [0.1, 0.15) is 32.8 Å². The van der Waals surface area contributed by atoms with E-state index in [1.165, 1.54) is 4.90 Å². The zero-order valence-electron chi connectivity index (χ0n) is 17.9. The van der Waals surface area contributed by atoms with Crippen molar-refractivity contribution in [1.29, 1.82) is 0 Å². The SMILES string of the molecule is CC[C@@H](C)NC(=O)[C@H](C)N(Cc1ccccc1Cl)C(=O)COc1ccc(OC)cc1. The van der Waals surface area contributed by atoms with E-state index in [4.69, 9.17) is 21.1 Å². The van der Waals surface area contributed by atoms with Gasteiger partial charge in [-0.3, -0.25) is 9.59 Å². The summed E-state index contributed by atoms with van der Waals surface area (Å²) in [6, 6.07) is 13.6. The van der Waals surface area contributed by atoms with Crippen LogP contribution in [0, 0.1) is 0 Å². The van der Waals surface area contributed by atoms with Gasteiger partial charge < -0.3 is 19.7 Å². The maximum atomic E-state index is 13.0. The van der Waals surface area contributed by atoms with Crippen LogP contribution in [-0.4, -0.2) is 42.5 Å². The summed E-state index contributed by atoms with van der Waals surface area (Å²) in [5.41, 5.74) is 0.764. The molecule has 0 aliphatic carbocycles. The number of nitrogens with one attached hydrogen (secondary N) is 1. The Morgan fingerprint density at radius 1 is 1.07 bits per heavy atom. The van der Waals surface area contributed by atoms with Crippen molar-refractivity contribution in [2.24, 2.45) is 0 Å². The van der Waals surface area contributed by atoms with Gasteiger partial charge >= 0.3 is 0 Å². The molecule has 2 aromatic rings. The van der Waals surface area contributed by atoms with Gasteiger partial charge in [-0.05, 0) is 56.2 Å². The molecule has 2 aromatic carbocycles. The number of rotatable bonds is 10. The smallest absolute Gasteiger partial charge is 0.261 e. The molecule has 6 nitrogen and oxygen atoms in total. The Morgan fingerprint density at radius 2 is 1.70 bits per heavy atom. The molecule has 0 aromatic heterocycles.